The second-order valence-electron chi connectivity index (χ2n) is 12.5. The number of carbonyl (C=O) groups excluding carboxylic acids is 2. The third kappa shape index (κ3) is 5.61. The van der Waals surface area contributed by atoms with Crippen LogP contribution in [0.5, 0.6) is 0 Å². The van der Waals surface area contributed by atoms with Gasteiger partial charge in [0.25, 0.3) is 0 Å². The van der Waals surface area contributed by atoms with E-state index < -0.39 is 35.9 Å². The van der Waals surface area contributed by atoms with Crippen LogP contribution in [0.2, 0.25) is 0 Å². The molecular weight excluding hydrogens is 478 g/mol. The fourth-order valence-corrected chi connectivity index (χ4v) is 4.61. The van der Waals surface area contributed by atoms with Gasteiger partial charge in [-0.05, 0) is 36.8 Å². The maximum Gasteiger partial charge on any atom is 0.333 e. The van der Waals surface area contributed by atoms with Gasteiger partial charge in [-0.25, -0.2) is 9.50 Å². The van der Waals surface area contributed by atoms with Crippen LogP contribution in [0.1, 0.15) is 80.0 Å². The zero-order valence-electron chi connectivity index (χ0n) is 22.6. The number of hydrogen-bond acceptors (Lipinski definition) is 9. The van der Waals surface area contributed by atoms with Crippen LogP contribution in [-0.4, -0.2) is 50.3 Å². The second kappa shape index (κ2) is 9.04. The molecule has 200 valence electrons. The Kier molecular flexibility index (Phi) is 6.59. The molecule has 4 heterocycles. The lowest BCUT2D eigenvalue weighted by molar-refractivity contribution is -0.262. The van der Waals surface area contributed by atoms with E-state index >= 15 is 0 Å². The Morgan fingerprint density at radius 1 is 1.11 bits per heavy atom. The number of esters is 1. The SMILES string of the molecule is CC(C)(C)CC(=O)Nc1ncnn2c([C@@H]3O[C@](C#N)(OC(=O)CC(C)(C)C)[C@H]4OC(C)(C)O[C@@H]34)ccc12. The van der Waals surface area contributed by atoms with E-state index in [4.69, 9.17) is 18.9 Å². The van der Waals surface area contributed by atoms with Crippen molar-refractivity contribution in [3.8, 4) is 6.07 Å². The number of rotatable bonds is 5. The molecular formula is C26H35N5O6. The van der Waals surface area contributed by atoms with Crippen molar-refractivity contribution in [1.82, 2.24) is 14.6 Å². The molecule has 2 aliphatic rings. The van der Waals surface area contributed by atoms with Crippen molar-refractivity contribution < 1.29 is 28.5 Å². The van der Waals surface area contributed by atoms with E-state index in [0.29, 0.717) is 23.4 Å². The van der Waals surface area contributed by atoms with Crippen molar-refractivity contribution in [1.29, 1.82) is 5.26 Å². The van der Waals surface area contributed by atoms with Gasteiger partial charge in [-0.15, -0.1) is 0 Å². The Hall–Kier alpha value is -3.07. The fraction of sp³-hybridized carbons (Fsp3) is 0.654. The Morgan fingerprint density at radius 2 is 1.78 bits per heavy atom. The van der Waals surface area contributed by atoms with Gasteiger partial charge < -0.3 is 24.3 Å². The molecule has 4 rings (SSSR count). The van der Waals surface area contributed by atoms with Gasteiger partial charge in [-0.2, -0.15) is 10.4 Å². The third-order valence-electron chi connectivity index (χ3n) is 5.92. The predicted molar refractivity (Wildman–Crippen MR) is 132 cm³/mol. The highest BCUT2D eigenvalue weighted by molar-refractivity contribution is 5.93. The van der Waals surface area contributed by atoms with Crippen LogP contribution >= 0.6 is 0 Å². The number of nitrogens with one attached hydrogen (secondary N) is 1. The van der Waals surface area contributed by atoms with E-state index in [9.17, 15) is 14.9 Å². The van der Waals surface area contributed by atoms with Crippen molar-refractivity contribution in [2.24, 2.45) is 10.8 Å². The molecule has 2 fully saturated rings. The van der Waals surface area contributed by atoms with Crippen LogP contribution in [0.3, 0.4) is 0 Å². The molecule has 1 N–H and O–H groups in total. The van der Waals surface area contributed by atoms with Gasteiger partial charge in [0.2, 0.25) is 5.91 Å². The smallest absolute Gasteiger partial charge is 0.333 e. The average Bonchev–Trinajstić information content (AvgIpc) is 3.36. The van der Waals surface area contributed by atoms with Crippen molar-refractivity contribution >= 4 is 23.2 Å². The number of ether oxygens (including phenoxy) is 4. The lowest BCUT2D eigenvalue weighted by Crippen LogP contribution is -2.46. The minimum atomic E-state index is -2.01. The summed E-state index contributed by atoms with van der Waals surface area (Å²) in [5.41, 5.74) is 0.534. The van der Waals surface area contributed by atoms with E-state index in [1.54, 1.807) is 30.5 Å². The van der Waals surface area contributed by atoms with Crippen LogP contribution < -0.4 is 5.32 Å². The quantitative estimate of drug-likeness (QED) is 0.590. The zero-order chi connectivity index (χ0) is 27.4. The molecule has 0 aromatic carbocycles. The Morgan fingerprint density at radius 3 is 2.41 bits per heavy atom. The summed E-state index contributed by atoms with van der Waals surface area (Å²) >= 11 is 0. The highest BCUT2D eigenvalue weighted by Crippen LogP contribution is 2.50. The Labute approximate surface area is 216 Å². The minimum absolute atomic E-state index is 0.0883. The van der Waals surface area contributed by atoms with Gasteiger partial charge in [0.15, 0.2) is 17.7 Å². The molecule has 37 heavy (non-hydrogen) atoms. The van der Waals surface area contributed by atoms with Crippen molar-refractivity contribution in [3.05, 3.63) is 24.2 Å². The highest BCUT2D eigenvalue weighted by atomic mass is 16.8. The van der Waals surface area contributed by atoms with E-state index in [-0.39, 0.29) is 23.2 Å². The first kappa shape index (κ1) is 27.0. The molecule has 2 aromatic rings. The fourth-order valence-electron chi connectivity index (χ4n) is 4.61. The van der Waals surface area contributed by atoms with Gasteiger partial charge in [0, 0.05) is 6.42 Å². The van der Waals surface area contributed by atoms with Gasteiger partial charge in [-0.3, -0.25) is 9.59 Å². The average molecular weight is 514 g/mol. The maximum absolute atomic E-state index is 12.8. The number of nitrogens with zero attached hydrogens (tertiary/aromatic N) is 4. The molecule has 0 unspecified atom stereocenters. The molecule has 11 nitrogen and oxygen atoms in total. The molecule has 2 aliphatic heterocycles. The molecule has 0 radical (unpaired) electrons. The summed E-state index contributed by atoms with van der Waals surface area (Å²) in [6.07, 6.45) is -0.873. The first-order chi connectivity index (χ1) is 17.0. The number of amides is 1. The predicted octanol–water partition coefficient (Wildman–Crippen LogP) is 3.89. The summed E-state index contributed by atoms with van der Waals surface area (Å²) in [5, 5.41) is 17.4. The number of nitriles is 1. The first-order valence-electron chi connectivity index (χ1n) is 12.3. The second-order valence-corrected chi connectivity index (χ2v) is 12.5. The van der Waals surface area contributed by atoms with Crippen LogP contribution in [-0.2, 0) is 28.5 Å². The van der Waals surface area contributed by atoms with Gasteiger partial charge >= 0.3 is 11.8 Å². The number of hydrogen-bond donors (Lipinski definition) is 1. The number of aromatic nitrogens is 3. The maximum atomic E-state index is 12.8. The van der Waals surface area contributed by atoms with E-state index in [2.05, 4.69) is 15.4 Å². The third-order valence-corrected chi connectivity index (χ3v) is 5.92. The molecule has 11 heteroatoms. The summed E-state index contributed by atoms with van der Waals surface area (Å²) in [5.74, 6) is -3.45. The number of fused-ring (bicyclic) bond motifs is 2. The van der Waals surface area contributed by atoms with Gasteiger partial charge in [0.05, 0.1) is 12.1 Å². The lowest BCUT2D eigenvalue weighted by Gasteiger charge is -2.29. The molecule has 0 bridgehead atoms. The monoisotopic (exact) mass is 513 g/mol. The molecule has 0 spiro atoms. The van der Waals surface area contributed by atoms with Crippen LogP contribution in [0.15, 0.2) is 18.5 Å². The van der Waals surface area contributed by atoms with Crippen molar-refractivity contribution in [3.63, 3.8) is 0 Å². The van der Waals surface area contributed by atoms with E-state index in [1.807, 2.05) is 47.6 Å². The minimum Gasteiger partial charge on any atom is -0.416 e. The zero-order valence-corrected chi connectivity index (χ0v) is 22.6. The summed E-state index contributed by atoms with van der Waals surface area (Å²) in [4.78, 5) is 29.6. The van der Waals surface area contributed by atoms with Crippen LogP contribution in [0, 0.1) is 22.2 Å². The topological polar surface area (TPSA) is 137 Å². The molecule has 0 saturated carbocycles. The molecule has 2 saturated heterocycles. The molecule has 0 aliphatic carbocycles. The normalized spacial score (nSPS) is 27.1. The van der Waals surface area contributed by atoms with Gasteiger partial charge in [-0.1, -0.05) is 41.5 Å². The molecule has 1 amide bonds. The summed E-state index contributed by atoms with van der Waals surface area (Å²) in [6.45, 7) is 15.1. The first-order valence-corrected chi connectivity index (χ1v) is 12.3. The summed E-state index contributed by atoms with van der Waals surface area (Å²) in [7, 11) is 0. The number of carbonyl (C=O) groups is 2. The highest BCUT2D eigenvalue weighted by Gasteiger charge is 2.67. The van der Waals surface area contributed by atoms with Crippen molar-refractivity contribution in [2.45, 2.75) is 98.1 Å². The largest absolute Gasteiger partial charge is 0.416 e. The summed E-state index contributed by atoms with van der Waals surface area (Å²) in [6, 6.07) is 5.54. The van der Waals surface area contributed by atoms with Crippen molar-refractivity contribution in [2.75, 3.05) is 5.32 Å². The molecule has 4 atom stereocenters. The van der Waals surface area contributed by atoms with Crippen LogP contribution in [0.4, 0.5) is 5.82 Å². The van der Waals surface area contributed by atoms with Gasteiger partial charge in [0.1, 0.15) is 30.1 Å². The lowest BCUT2D eigenvalue weighted by atomic mass is 9.92. The number of anilines is 1. The Bertz CT molecular complexity index is 1250. The van der Waals surface area contributed by atoms with E-state index in [1.165, 1.54) is 6.33 Å². The standard InChI is InChI=1S/C26H35N5O6/c1-23(2,3)11-17(32)30-22-16-10-9-15(31(16)29-14-28-22)19-20-21(37-25(7,8)35-20)26(13-27,36-19)34-18(33)12-24(4,5)6/h9-10,14,19-21H,11-12H2,1-8H3,(H,28,29,30,32)/t19-,20-,21-,26-/m0/s1. The van der Waals surface area contributed by atoms with Crippen LogP contribution in [0.25, 0.3) is 5.52 Å². The molecule has 2 aromatic heterocycles. The summed E-state index contributed by atoms with van der Waals surface area (Å²) < 4.78 is 25.6. The Balaban J connectivity index is 1.68. The van der Waals surface area contributed by atoms with E-state index in [0.717, 1.165) is 0 Å².